The first-order valence-corrected chi connectivity index (χ1v) is 9.15. The second-order valence-corrected chi connectivity index (χ2v) is 7.59. The van der Waals surface area contributed by atoms with Crippen LogP contribution in [0, 0.1) is 6.92 Å². The van der Waals surface area contributed by atoms with Crippen LogP contribution in [0.4, 0.5) is 5.69 Å². The minimum Gasteiger partial charge on any atom is -0.357 e. The van der Waals surface area contributed by atoms with Gasteiger partial charge in [0.2, 0.25) is 0 Å². The van der Waals surface area contributed by atoms with Gasteiger partial charge in [-0.05, 0) is 48.9 Å². The Morgan fingerprint density at radius 3 is 2.64 bits per heavy atom. The van der Waals surface area contributed by atoms with E-state index in [1.165, 1.54) is 0 Å². The number of aromatic nitrogens is 2. The van der Waals surface area contributed by atoms with Crippen LogP contribution in [-0.4, -0.2) is 18.4 Å². The molecule has 7 heteroatoms. The number of nitrogens with one attached hydrogen (secondary N) is 3. The van der Waals surface area contributed by atoms with Gasteiger partial charge in [0.1, 0.15) is 5.52 Å². The molecule has 0 aliphatic heterocycles. The summed E-state index contributed by atoms with van der Waals surface area (Å²) in [5.41, 5.74) is 2.21. The second kappa shape index (κ2) is 5.49. The van der Waals surface area contributed by atoms with E-state index in [9.17, 15) is 13.2 Å². The third-order valence-corrected chi connectivity index (χ3v) is 5.46. The molecule has 0 radical (unpaired) electrons. The maximum atomic E-state index is 12.6. The third-order valence-electron chi connectivity index (χ3n) is 4.08. The van der Waals surface area contributed by atoms with Crippen molar-refractivity contribution >= 4 is 37.5 Å². The van der Waals surface area contributed by atoms with Crippen molar-refractivity contribution in [2.24, 2.45) is 0 Å². The Balaban J connectivity index is 1.82. The van der Waals surface area contributed by atoms with Crippen molar-refractivity contribution < 1.29 is 8.42 Å². The van der Waals surface area contributed by atoms with Crippen LogP contribution < -0.4 is 10.3 Å². The minimum absolute atomic E-state index is 0.208. The molecule has 0 aliphatic rings. The lowest BCUT2D eigenvalue weighted by molar-refractivity contribution is 0.601. The maximum absolute atomic E-state index is 12.6. The molecule has 0 amide bonds. The van der Waals surface area contributed by atoms with E-state index in [0.29, 0.717) is 16.7 Å². The zero-order chi connectivity index (χ0) is 17.6. The highest BCUT2D eigenvalue weighted by Crippen LogP contribution is 2.25. The first-order chi connectivity index (χ1) is 11.9. The third kappa shape index (κ3) is 2.68. The van der Waals surface area contributed by atoms with E-state index in [4.69, 9.17) is 0 Å². The van der Waals surface area contributed by atoms with Gasteiger partial charge in [-0.25, -0.2) is 8.42 Å². The van der Waals surface area contributed by atoms with Crippen molar-refractivity contribution in [3.8, 4) is 0 Å². The van der Waals surface area contributed by atoms with Crippen LogP contribution >= 0.6 is 0 Å². The van der Waals surface area contributed by atoms with Gasteiger partial charge in [-0.15, -0.1) is 0 Å². The Morgan fingerprint density at radius 1 is 1.00 bits per heavy atom. The predicted octanol–water partition coefficient (Wildman–Crippen LogP) is 3.12. The monoisotopic (exact) mass is 353 g/mol. The van der Waals surface area contributed by atoms with E-state index in [1.54, 1.807) is 48.7 Å². The largest absolute Gasteiger partial charge is 0.357 e. The van der Waals surface area contributed by atoms with E-state index in [0.717, 1.165) is 16.3 Å². The van der Waals surface area contributed by atoms with E-state index in [-0.39, 0.29) is 10.5 Å². The number of hydrogen-bond donors (Lipinski definition) is 3. The van der Waals surface area contributed by atoms with Crippen LogP contribution in [-0.2, 0) is 10.0 Å². The number of benzene rings is 2. The van der Waals surface area contributed by atoms with Gasteiger partial charge in [0.05, 0.1) is 4.90 Å². The highest BCUT2D eigenvalue weighted by Gasteiger charge is 2.15. The SMILES string of the molecule is Cc1cccc(S(=O)(=O)Nc2ccc3[nH]c(=O)c4[nH]ccc4c3c2)c1. The summed E-state index contributed by atoms with van der Waals surface area (Å²) in [6.07, 6.45) is 1.68. The highest BCUT2D eigenvalue weighted by molar-refractivity contribution is 7.92. The second-order valence-electron chi connectivity index (χ2n) is 5.90. The molecule has 2 aromatic heterocycles. The molecule has 3 N–H and O–H groups in total. The Morgan fingerprint density at radius 2 is 1.84 bits per heavy atom. The van der Waals surface area contributed by atoms with Crippen LogP contribution in [0.25, 0.3) is 21.8 Å². The van der Waals surface area contributed by atoms with Crippen molar-refractivity contribution in [3.63, 3.8) is 0 Å². The van der Waals surface area contributed by atoms with Gasteiger partial charge in [-0.3, -0.25) is 9.52 Å². The molecule has 0 saturated carbocycles. The standard InChI is InChI=1S/C18H15N3O3S/c1-11-3-2-4-13(9-11)25(23,24)21-12-5-6-16-15(10-12)14-7-8-19-17(14)18(22)20-16/h2-10,19,21H,1H3,(H,20,22). The van der Waals surface area contributed by atoms with Crippen molar-refractivity contribution in [2.45, 2.75) is 11.8 Å². The van der Waals surface area contributed by atoms with Gasteiger partial charge in [0.25, 0.3) is 15.6 Å². The molecule has 2 heterocycles. The average Bonchev–Trinajstić information content (AvgIpc) is 3.06. The normalized spacial score (nSPS) is 11.9. The van der Waals surface area contributed by atoms with Crippen LogP contribution in [0.3, 0.4) is 0 Å². The predicted molar refractivity (Wildman–Crippen MR) is 98.4 cm³/mol. The Bertz CT molecular complexity index is 1270. The van der Waals surface area contributed by atoms with Crippen LogP contribution in [0.15, 0.2) is 64.4 Å². The Hall–Kier alpha value is -3.06. The number of aromatic amines is 2. The quantitative estimate of drug-likeness (QED) is 0.528. The molecule has 0 saturated heterocycles. The summed E-state index contributed by atoms with van der Waals surface area (Å²) in [6.45, 7) is 1.84. The molecule has 0 unspecified atom stereocenters. The van der Waals surface area contributed by atoms with E-state index >= 15 is 0 Å². The summed E-state index contributed by atoms with van der Waals surface area (Å²) in [4.78, 5) is 17.9. The van der Waals surface area contributed by atoms with E-state index in [1.807, 2.05) is 13.0 Å². The molecule has 0 fully saturated rings. The lowest BCUT2D eigenvalue weighted by atomic mass is 10.1. The molecule has 0 atom stereocenters. The fourth-order valence-electron chi connectivity index (χ4n) is 2.90. The van der Waals surface area contributed by atoms with Crippen LogP contribution in [0.5, 0.6) is 0 Å². The van der Waals surface area contributed by atoms with Gasteiger partial charge in [0.15, 0.2) is 0 Å². The molecule has 2 aromatic carbocycles. The number of anilines is 1. The zero-order valence-corrected chi connectivity index (χ0v) is 14.1. The number of fused-ring (bicyclic) bond motifs is 3. The fourth-order valence-corrected chi connectivity index (χ4v) is 4.06. The smallest absolute Gasteiger partial charge is 0.272 e. The van der Waals surface area contributed by atoms with Crippen molar-refractivity contribution in [1.29, 1.82) is 0 Å². The van der Waals surface area contributed by atoms with Crippen molar-refractivity contribution in [1.82, 2.24) is 9.97 Å². The number of H-pyrrole nitrogens is 2. The van der Waals surface area contributed by atoms with Gasteiger partial charge >= 0.3 is 0 Å². The molecule has 6 nitrogen and oxygen atoms in total. The van der Waals surface area contributed by atoms with Crippen molar-refractivity contribution in [2.75, 3.05) is 4.72 Å². The maximum Gasteiger partial charge on any atom is 0.272 e. The number of hydrogen-bond acceptors (Lipinski definition) is 3. The molecule has 0 aliphatic carbocycles. The molecule has 0 bridgehead atoms. The molecule has 126 valence electrons. The van der Waals surface area contributed by atoms with Gasteiger partial charge in [0, 0.05) is 28.2 Å². The molecule has 25 heavy (non-hydrogen) atoms. The number of aryl methyl sites for hydroxylation is 1. The zero-order valence-electron chi connectivity index (χ0n) is 13.3. The number of pyridine rings is 1. The molecule has 0 spiro atoms. The summed E-state index contributed by atoms with van der Waals surface area (Å²) in [6, 6.07) is 13.6. The van der Waals surface area contributed by atoms with Crippen molar-refractivity contribution in [3.05, 3.63) is 70.6 Å². The van der Waals surface area contributed by atoms with Crippen LogP contribution in [0.2, 0.25) is 0 Å². The molecule has 4 rings (SSSR count). The van der Waals surface area contributed by atoms with Crippen LogP contribution in [0.1, 0.15) is 5.56 Å². The minimum atomic E-state index is -3.68. The number of rotatable bonds is 3. The summed E-state index contributed by atoms with van der Waals surface area (Å²) in [5.74, 6) is 0. The molecule has 4 aromatic rings. The topological polar surface area (TPSA) is 94.8 Å². The summed E-state index contributed by atoms with van der Waals surface area (Å²) < 4.78 is 27.8. The Kier molecular flexibility index (Phi) is 3.40. The molecular formula is C18H15N3O3S. The average molecular weight is 353 g/mol. The lowest BCUT2D eigenvalue weighted by Gasteiger charge is -2.10. The van der Waals surface area contributed by atoms with Gasteiger partial charge < -0.3 is 9.97 Å². The van der Waals surface area contributed by atoms with Gasteiger partial charge in [-0.2, -0.15) is 0 Å². The lowest BCUT2D eigenvalue weighted by Crippen LogP contribution is -2.13. The summed E-state index contributed by atoms with van der Waals surface area (Å²) in [5, 5.41) is 1.51. The van der Waals surface area contributed by atoms with Gasteiger partial charge in [-0.1, -0.05) is 12.1 Å². The van der Waals surface area contributed by atoms with E-state index < -0.39 is 10.0 Å². The first kappa shape index (κ1) is 15.5. The summed E-state index contributed by atoms with van der Waals surface area (Å²) in [7, 11) is -3.68. The fraction of sp³-hybridized carbons (Fsp3) is 0.0556. The number of sulfonamides is 1. The highest BCUT2D eigenvalue weighted by atomic mass is 32.2. The first-order valence-electron chi connectivity index (χ1n) is 7.67. The molecular weight excluding hydrogens is 338 g/mol. The Labute approximate surface area is 143 Å². The van der Waals surface area contributed by atoms with E-state index in [2.05, 4.69) is 14.7 Å². The summed E-state index contributed by atoms with van der Waals surface area (Å²) >= 11 is 0.